The lowest BCUT2D eigenvalue weighted by Gasteiger charge is -2.27. The predicted octanol–water partition coefficient (Wildman–Crippen LogP) is 4.04. The molecule has 0 N–H and O–H groups in total. The van der Waals surface area contributed by atoms with Crippen molar-refractivity contribution in [1.29, 1.82) is 0 Å². The van der Waals surface area contributed by atoms with E-state index in [-0.39, 0.29) is 5.92 Å². The van der Waals surface area contributed by atoms with Gasteiger partial charge in [-0.3, -0.25) is 9.78 Å². The van der Waals surface area contributed by atoms with Gasteiger partial charge in [0.15, 0.2) is 0 Å². The van der Waals surface area contributed by atoms with Crippen LogP contribution in [0, 0.1) is 25.7 Å². The third-order valence-corrected chi connectivity index (χ3v) is 4.91. The Labute approximate surface area is 128 Å². The summed E-state index contributed by atoms with van der Waals surface area (Å²) in [4.78, 5) is 17.0. The summed E-state index contributed by atoms with van der Waals surface area (Å²) in [6, 6.07) is 0. The van der Waals surface area contributed by atoms with E-state index in [0.29, 0.717) is 12.2 Å². The van der Waals surface area contributed by atoms with Gasteiger partial charge < -0.3 is 4.74 Å². The number of aromatic nitrogens is 1. The predicted molar refractivity (Wildman–Crippen MR) is 84.7 cm³/mol. The maximum absolute atomic E-state index is 12.6. The van der Waals surface area contributed by atoms with Crippen LogP contribution in [0.25, 0.3) is 0 Å². The van der Waals surface area contributed by atoms with Crippen LogP contribution in [0.4, 0.5) is 0 Å². The molecule has 0 aliphatic heterocycles. The summed E-state index contributed by atoms with van der Waals surface area (Å²) in [5, 5.41) is 0. The Morgan fingerprint density at radius 1 is 1.38 bits per heavy atom. The molecule has 0 bridgehead atoms. The number of Topliss-reactive ketones (excluding diaryl/α,β-unsaturated/α-hetero) is 1. The van der Waals surface area contributed by atoms with Gasteiger partial charge in [-0.1, -0.05) is 26.2 Å². The number of methoxy groups -OCH3 is 1. The highest BCUT2D eigenvalue weighted by Gasteiger charge is 2.27. The van der Waals surface area contributed by atoms with Gasteiger partial charge in [-0.15, -0.1) is 0 Å². The first-order valence-electron chi connectivity index (χ1n) is 8.08. The SMILES string of the molecule is CCC1CCCC(C(=O)Cc2ncc(C)c(OC)c2C)C1. The maximum Gasteiger partial charge on any atom is 0.141 e. The molecule has 2 rings (SSSR count). The zero-order valence-electron chi connectivity index (χ0n) is 13.7. The van der Waals surface area contributed by atoms with E-state index >= 15 is 0 Å². The molecule has 0 saturated heterocycles. The number of pyridine rings is 1. The molecule has 1 aliphatic carbocycles. The molecule has 2 unspecified atom stereocenters. The second kappa shape index (κ2) is 7.06. The molecular formula is C18H27NO2. The van der Waals surface area contributed by atoms with Gasteiger partial charge >= 0.3 is 0 Å². The molecule has 0 radical (unpaired) electrons. The second-order valence-electron chi connectivity index (χ2n) is 6.33. The Balaban J connectivity index is 2.09. The van der Waals surface area contributed by atoms with Gasteiger partial charge in [0.2, 0.25) is 0 Å². The Kier molecular flexibility index (Phi) is 5.38. The number of rotatable bonds is 5. The number of hydrogen-bond donors (Lipinski definition) is 0. The van der Waals surface area contributed by atoms with E-state index in [1.165, 1.54) is 19.3 Å². The fourth-order valence-electron chi connectivity index (χ4n) is 3.51. The standard InChI is InChI=1S/C18H27NO2/c1-5-14-7-6-8-15(9-14)17(20)10-16-13(3)18(21-4)12(2)11-19-16/h11,14-15H,5-10H2,1-4H3. The van der Waals surface area contributed by atoms with E-state index in [1.807, 2.05) is 20.0 Å². The molecule has 1 heterocycles. The molecule has 116 valence electrons. The normalized spacial score (nSPS) is 22.1. The number of carbonyl (C=O) groups is 1. The molecule has 0 spiro atoms. The summed E-state index contributed by atoms with van der Waals surface area (Å²) >= 11 is 0. The van der Waals surface area contributed by atoms with Crippen molar-refractivity contribution in [2.75, 3.05) is 7.11 Å². The lowest BCUT2D eigenvalue weighted by molar-refractivity contribution is -0.123. The van der Waals surface area contributed by atoms with Crippen LogP contribution in [0.5, 0.6) is 5.75 Å². The number of hydrogen-bond acceptors (Lipinski definition) is 3. The van der Waals surface area contributed by atoms with Crippen LogP contribution < -0.4 is 4.74 Å². The van der Waals surface area contributed by atoms with E-state index in [2.05, 4.69) is 11.9 Å². The Morgan fingerprint density at radius 2 is 2.14 bits per heavy atom. The molecule has 3 heteroatoms. The second-order valence-corrected chi connectivity index (χ2v) is 6.33. The van der Waals surface area contributed by atoms with Crippen molar-refractivity contribution >= 4 is 5.78 Å². The molecule has 1 aliphatic rings. The molecule has 21 heavy (non-hydrogen) atoms. The third kappa shape index (κ3) is 3.63. The Morgan fingerprint density at radius 3 is 2.81 bits per heavy atom. The number of aryl methyl sites for hydroxylation is 1. The number of carbonyl (C=O) groups excluding carboxylic acids is 1. The van der Waals surface area contributed by atoms with Gasteiger partial charge in [-0.2, -0.15) is 0 Å². The highest BCUT2D eigenvalue weighted by Crippen LogP contribution is 2.32. The first kappa shape index (κ1) is 16.0. The highest BCUT2D eigenvalue weighted by molar-refractivity contribution is 5.83. The average Bonchev–Trinajstić information content (AvgIpc) is 2.50. The molecule has 3 nitrogen and oxygen atoms in total. The molecule has 2 atom stereocenters. The molecule has 1 aromatic heterocycles. The Hall–Kier alpha value is -1.38. The van der Waals surface area contributed by atoms with E-state index in [0.717, 1.165) is 41.3 Å². The number of ketones is 1. The molecule has 0 amide bonds. The zero-order valence-corrected chi connectivity index (χ0v) is 13.7. The first-order chi connectivity index (χ1) is 10.1. The maximum atomic E-state index is 12.6. The van der Waals surface area contributed by atoms with Crippen LogP contribution in [-0.4, -0.2) is 17.9 Å². The monoisotopic (exact) mass is 289 g/mol. The molecule has 1 fully saturated rings. The molecular weight excluding hydrogens is 262 g/mol. The van der Waals surface area contributed by atoms with E-state index in [9.17, 15) is 4.79 Å². The largest absolute Gasteiger partial charge is 0.496 e. The summed E-state index contributed by atoms with van der Waals surface area (Å²) in [7, 11) is 1.67. The van der Waals surface area contributed by atoms with Crippen molar-refractivity contribution in [3.8, 4) is 5.75 Å². The van der Waals surface area contributed by atoms with Gasteiger partial charge in [0.1, 0.15) is 11.5 Å². The lowest BCUT2D eigenvalue weighted by atomic mass is 9.77. The topological polar surface area (TPSA) is 39.2 Å². The van der Waals surface area contributed by atoms with Crippen molar-refractivity contribution < 1.29 is 9.53 Å². The smallest absolute Gasteiger partial charge is 0.141 e. The van der Waals surface area contributed by atoms with Gasteiger partial charge in [-0.25, -0.2) is 0 Å². The minimum Gasteiger partial charge on any atom is -0.496 e. The van der Waals surface area contributed by atoms with Crippen LogP contribution in [-0.2, 0) is 11.2 Å². The van der Waals surface area contributed by atoms with Gasteiger partial charge in [0, 0.05) is 29.7 Å². The average molecular weight is 289 g/mol. The van der Waals surface area contributed by atoms with Crippen molar-refractivity contribution in [1.82, 2.24) is 4.98 Å². The summed E-state index contributed by atoms with van der Waals surface area (Å²) in [5.74, 6) is 2.18. The molecule has 1 aromatic rings. The van der Waals surface area contributed by atoms with E-state index < -0.39 is 0 Å². The molecule has 0 aromatic carbocycles. The van der Waals surface area contributed by atoms with Crippen molar-refractivity contribution in [3.05, 3.63) is 23.0 Å². The zero-order chi connectivity index (χ0) is 15.4. The fourth-order valence-corrected chi connectivity index (χ4v) is 3.51. The summed E-state index contributed by atoms with van der Waals surface area (Å²) < 4.78 is 5.43. The van der Waals surface area contributed by atoms with Crippen molar-refractivity contribution in [2.45, 2.75) is 59.3 Å². The van der Waals surface area contributed by atoms with Gasteiger partial charge in [-0.05, 0) is 32.6 Å². The van der Waals surface area contributed by atoms with Crippen LogP contribution in [0.3, 0.4) is 0 Å². The first-order valence-corrected chi connectivity index (χ1v) is 8.08. The van der Waals surface area contributed by atoms with Gasteiger partial charge in [0.05, 0.1) is 12.8 Å². The fraction of sp³-hybridized carbons (Fsp3) is 0.667. The summed E-state index contributed by atoms with van der Waals surface area (Å²) in [6.45, 7) is 6.21. The Bertz CT molecular complexity index is 510. The van der Waals surface area contributed by atoms with Crippen LogP contribution >= 0.6 is 0 Å². The number of nitrogens with zero attached hydrogens (tertiary/aromatic N) is 1. The quantitative estimate of drug-likeness (QED) is 0.821. The minimum absolute atomic E-state index is 0.234. The van der Waals surface area contributed by atoms with E-state index in [4.69, 9.17) is 4.74 Å². The third-order valence-electron chi connectivity index (χ3n) is 4.91. The summed E-state index contributed by atoms with van der Waals surface area (Å²) in [5.41, 5.74) is 2.91. The lowest BCUT2D eigenvalue weighted by Crippen LogP contribution is -2.24. The van der Waals surface area contributed by atoms with Crippen LogP contribution in [0.15, 0.2) is 6.20 Å². The van der Waals surface area contributed by atoms with Crippen molar-refractivity contribution in [2.24, 2.45) is 11.8 Å². The highest BCUT2D eigenvalue weighted by atomic mass is 16.5. The summed E-state index contributed by atoms with van der Waals surface area (Å²) in [6.07, 6.45) is 8.05. The van der Waals surface area contributed by atoms with Gasteiger partial charge in [0.25, 0.3) is 0 Å². The van der Waals surface area contributed by atoms with Crippen LogP contribution in [0.1, 0.15) is 55.8 Å². The van der Waals surface area contributed by atoms with E-state index in [1.54, 1.807) is 7.11 Å². The van der Waals surface area contributed by atoms with Crippen molar-refractivity contribution in [3.63, 3.8) is 0 Å². The van der Waals surface area contributed by atoms with Crippen LogP contribution in [0.2, 0.25) is 0 Å². The molecule has 1 saturated carbocycles. The minimum atomic E-state index is 0.234. The number of ether oxygens (including phenoxy) is 1.